The van der Waals surface area contributed by atoms with Gasteiger partial charge in [0.15, 0.2) is 0 Å². The second-order valence-corrected chi connectivity index (χ2v) is 7.24. The molecule has 6 nitrogen and oxygen atoms in total. The van der Waals surface area contributed by atoms with Crippen LogP contribution in [-0.2, 0) is 16.6 Å². The summed E-state index contributed by atoms with van der Waals surface area (Å²) in [7, 11) is -2.11. The van der Waals surface area contributed by atoms with Crippen molar-refractivity contribution in [1.29, 1.82) is 0 Å². The maximum Gasteiger partial charge on any atom is 0.273 e. The van der Waals surface area contributed by atoms with Gasteiger partial charge in [0.1, 0.15) is 5.76 Å². The molecule has 2 N–H and O–H groups in total. The number of hydrogen-bond donors (Lipinski definition) is 2. The highest BCUT2D eigenvalue weighted by molar-refractivity contribution is 7.89. The minimum absolute atomic E-state index is 0.0282. The predicted octanol–water partition coefficient (Wildman–Crippen LogP) is 1.15. The second kappa shape index (κ2) is 7.40. The molecule has 7 heteroatoms. The van der Waals surface area contributed by atoms with Gasteiger partial charge >= 0.3 is 0 Å². The molecule has 0 spiro atoms. The van der Waals surface area contributed by atoms with Gasteiger partial charge < -0.3 is 14.6 Å². The SMILES string of the molecule is CCCN1CCC(NCc2ccc(S(=O)(=O)NC)o2)CC1. The van der Waals surface area contributed by atoms with Gasteiger partial charge in [0.25, 0.3) is 10.0 Å². The van der Waals surface area contributed by atoms with Crippen molar-refractivity contribution in [3.05, 3.63) is 17.9 Å². The summed E-state index contributed by atoms with van der Waals surface area (Å²) in [6, 6.07) is 3.68. The molecule has 0 aromatic carbocycles. The van der Waals surface area contributed by atoms with Crippen molar-refractivity contribution in [3.63, 3.8) is 0 Å². The summed E-state index contributed by atoms with van der Waals surface area (Å²) in [4.78, 5) is 2.49. The summed E-state index contributed by atoms with van der Waals surface area (Å²) in [5.41, 5.74) is 0. The van der Waals surface area contributed by atoms with Crippen LogP contribution in [0.2, 0.25) is 0 Å². The average Bonchev–Trinajstić information content (AvgIpc) is 2.97. The van der Waals surface area contributed by atoms with Crippen LogP contribution in [0.3, 0.4) is 0 Å². The number of hydrogen-bond acceptors (Lipinski definition) is 5. The van der Waals surface area contributed by atoms with E-state index in [9.17, 15) is 8.42 Å². The zero-order valence-corrected chi connectivity index (χ0v) is 13.6. The Morgan fingerprint density at radius 2 is 2.05 bits per heavy atom. The zero-order valence-electron chi connectivity index (χ0n) is 12.8. The van der Waals surface area contributed by atoms with Crippen LogP contribution in [0.15, 0.2) is 21.6 Å². The minimum Gasteiger partial charge on any atom is -0.447 e. The van der Waals surface area contributed by atoms with Gasteiger partial charge in [-0.25, -0.2) is 13.1 Å². The highest BCUT2D eigenvalue weighted by Crippen LogP contribution is 2.15. The summed E-state index contributed by atoms with van der Waals surface area (Å²) >= 11 is 0. The van der Waals surface area contributed by atoms with Gasteiger partial charge in [0, 0.05) is 6.04 Å². The molecule has 1 aromatic heterocycles. The molecule has 0 unspecified atom stereocenters. The highest BCUT2D eigenvalue weighted by atomic mass is 32.2. The molecular weight excluding hydrogens is 290 g/mol. The summed E-state index contributed by atoms with van der Waals surface area (Å²) in [5.74, 6) is 0.653. The van der Waals surface area contributed by atoms with Crippen LogP contribution >= 0.6 is 0 Å². The zero-order chi connectivity index (χ0) is 15.3. The van der Waals surface area contributed by atoms with Crippen molar-refractivity contribution in [3.8, 4) is 0 Å². The van der Waals surface area contributed by atoms with E-state index in [2.05, 4.69) is 21.9 Å². The number of rotatable bonds is 7. The monoisotopic (exact) mass is 315 g/mol. The number of nitrogens with zero attached hydrogens (tertiary/aromatic N) is 1. The summed E-state index contributed by atoms with van der Waals surface area (Å²) < 4.78 is 30.8. The second-order valence-electron chi connectivity index (χ2n) is 5.43. The van der Waals surface area contributed by atoms with E-state index < -0.39 is 10.0 Å². The van der Waals surface area contributed by atoms with E-state index in [-0.39, 0.29) is 5.09 Å². The third-order valence-electron chi connectivity index (χ3n) is 3.86. The van der Waals surface area contributed by atoms with E-state index in [1.165, 1.54) is 26.1 Å². The van der Waals surface area contributed by atoms with Crippen LogP contribution in [0.4, 0.5) is 0 Å². The lowest BCUT2D eigenvalue weighted by Gasteiger charge is -2.32. The molecule has 1 saturated heterocycles. The molecule has 0 amide bonds. The maximum absolute atomic E-state index is 11.6. The standard InChI is InChI=1S/C14H25N3O3S/c1-3-8-17-9-6-12(7-10-17)16-11-13-4-5-14(20-13)21(18,19)15-2/h4-5,12,15-16H,3,6-11H2,1-2H3. The number of nitrogens with one attached hydrogen (secondary N) is 2. The van der Waals surface area contributed by atoms with Crippen LogP contribution in [0.5, 0.6) is 0 Å². The highest BCUT2D eigenvalue weighted by Gasteiger charge is 2.19. The molecule has 2 rings (SSSR count). The lowest BCUT2D eigenvalue weighted by Crippen LogP contribution is -2.42. The van der Waals surface area contributed by atoms with Crippen molar-refractivity contribution in [2.24, 2.45) is 0 Å². The Bertz CT molecular complexity index is 533. The smallest absolute Gasteiger partial charge is 0.273 e. The van der Waals surface area contributed by atoms with Crippen LogP contribution in [0, 0.1) is 0 Å². The first-order valence-electron chi connectivity index (χ1n) is 7.53. The Kier molecular flexibility index (Phi) is 5.80. The molecule has 2 heterocycles. The molecular formula is C14H25N3O3S. The van der Waals surface area contributed by atoms with Crippen molar-refractivity contribution >= 4 is 10.0 Å². The van der Waals surface area contributed by atoms with Crippen LogP contribution in [0.1, 0.15) is 31.9 Å². The van der Waals surface area contributed by atoms with Gasteiger partial charge in [0.2, 0.25) is 5.09 Å². The van der Waals surface area contributed by atoms with Gasteiger partial charge in [-0.2, -0.15) is 0 Å². The fourth-order valence-electron chi connectivity index (χ4n) is 2.62. The van der Waals surface area contributed by atoms with Gasteiger partial charge in [-0.15, -0.1) is 0 Å². The number of sulfonamides is 1. The first-order chi connectivity index (χ1) is 10.0. The Balaban J connectivity index is 1.79. The first kappa shape index (κ1) is 16.5. The van der Waals surface area contributed by atoms with Crippen molar-refractivity contribution < 1.29 is 12.8 Å². The fraction of sp³-hybridized carbons (Fsp3) is 0.714. The van der Waals surface area contributed by atoms with Gasteiger partial charge in [-0.3, -0.25) is 0 Å². The fourth-order valence-corrected chi connectivity index (χ4v) is 3.29. The molecule has 21 heavy (non-hydrogen) atoms. The van der Waals surface area contributed by atoms with E-state index in [4.69, 9.17) is 4.42 Å². The molecule has 1 fully saturated rings. The van der Waals surface area contributed by atoms with Crippen molar-refractivity contribution in [2.75, 3.05) is 26.7 Å². The van der Waals surface area contributed by atoms with Gasteiger partial charge in [-0.1, -0.05) is 6.92 Å². The molecule has 1 aliphatic rings. The van der Waals surface area contributed by atoms with Crippen molar-refractivity contribution in [1.82, 2.24) is 14.9 Å². The van der Waals surface area contributed by atoms with Crippen LogP contribution < -0.4 is 10.0 Å². The molecule has 0 aliphatic carbocycles. The molecule has 1 aromatic rings. The van der Waals surface area contributed by atoms with E-state index in [1.54, 1.807) is 6.07 Å². The molecule has 120 valence electrons. The molecule has 0 bridgehead atoms. The Morgan fingerprint density at radius 3 is 2.67 bits per heavy atom. The Labute approximate surface area is 126 Å². The number of likely N-dealkylation sites (tertiary alicyclic amines) is 1. The van der Waals surface area contributed by atoms with Crippen LogP contribution in [-0.4, -0.2) is 46.0 Å². The van der Waals surface area contributed by atoms with E-state index in [0.717, 1.165) is 25.9 Å². The average molecular weight is 315 g/mol. The lowest BCUT2D eigenvalue weighted by atomic mass is 10.0. The molecule has 1 aliphatic heterocycles. The Hall–Kier alpha value is -0.890. The number of piperidine rings is 1. The first-order valence-corrected chi connectivity index (χ1v) is 9.01. The maximum atomic E-state index is 11.6. The molecule has 0 atom stereocenters. The Morgan fingerprint density at radius 1 is 1.33 bits per heavy atom. The predicted molar refractivity (Wildman–Crippen MR) is 81.5 cm³/mol. The van der Waals surface area contributed by atoms with E-state index >= 15 is 0 Å². The van der Waals surface area contributed by atoms with Crippen LogP contribution in [0.25, 0.3) is 0 Å². The third-order valence-corrected chi connectivity index (χ3v) is 5.15. The quantitative estimate of drug-likeness (QED) is 0.789. The number of furan rings is 1. The largest absolute Gasteiger partial charge is 0.447 e. The molecule has 0 saturated carbocycles. The van der Waals surface area contributed by atoms with E-state index in [0.29, 0.717) is 18.3 Å². The summed E-state index contributed by atoms with van der Waals surface area (Å²) in [6.07, 6.45) is 3.46. The lowest BCUT2D eigenvalue weighted by molar-refractivity contribution is 0.195. The topological polar surface area (TPSA) is 74.6 Å². The molecule has 0 radical (unpaired) electrons. The summed E-state index contributed by atoms with van der Waals surface area (Å²) in [6.45, 7) is 6.21. The minimum atomic E-state index is -3.49. The summed E-state index contributed by atoms with van der Waals surface area (Å²) in [5, 5.41) is 3.42. The van der Waals surface area contributed by atoms with Crippen molar-refractivity contribution in [2.45, 2.75) is 43.9 Å². The van der Waals surface area contributed by atoms with E-state index in [1.807, 2.05) is 0 Å². The van der Waals surface area contributed by atoms with Gasteiger partial charge in [-0.05, 0) is 58.1 Å². The third kappa shape index (κ3) is 4.54. The van der Waals surface area contributed by atoms with Gasteiger partial charge in [0.05, 0.1) is 6.54 Å². The normalized spacial score (nSPS) is 18.2.